The topological polar surface area (TPSA) is 110 Å². The van der Waals surface area contributed by atoms with Gasteiger partial charge in [-0.3, -0.25) is 10.2 Å². The summed E-state index contributed by atoms with van der Waals surface area (Å²) >= 11 is 0. The monoisotopic (exact) mass is 283 g/mol. The molecule has 0 fully saturated rings. The van der Waals surface area contributed by atoms with Gasteiger partial charge in [-0.15, -0.1) is 0 Å². The number of nitrogen functional groups attached to an aromatic ring is 1. The molecule has 0 bridgehead atoms. The molecule has 112 valence electrons. The first-order chi connectivity index (χ1) is 9.51. The lowest BCUT2D eigenvalue weighted by Crippen LogP contribution is -2.38. The summed E-state index contributed by atoms with van der Waals surface area (Å²) < 4.78 is 5.00. The van der Waals surface area contributed by atoms with Crippen LogP contribution in [0.3, 0.4) is 0 Å². The van der Waals surface area contributed by atoms with Crippen LogP contribution in [0.5, 0.6) is 6.01 Å². The van der Waals surface area contributed by atoms with Gasteiger partial charge in [-0.1, -0.05) is 6.92 Å². The highest BCUT2D eigenvalue weighted by molar-refractivity contribution is 5.80. The van der Waals surface area contributed by atoms with Gasteiger partial charge in [-0.25, -0.2) is 5.84 Å². The van der Waals surface area contributed by atoms with Crippen molar-refractivity contribution in [1.82, 2.24) is 19.9 Å². The number of nitrogens with zero attached hydrogens (tertiary/aromatic N) is 5. The van der Waals surface area contributed by atoms with E-state index in [0.717, 1.165) is 6.42 Å². The predicted octanol–water partition coefficient (Wildman–Crippen LogP) is -0.530. The number of hydrogen-bond acceptors (Lipinski definition) is 8. The average Bonchev–Trinajstić information content (AvgIpc) is 2.45. The maximum Gasteiger partial charge on any atom is 0.322 e. The molecule has 0 radical (unpaired) electrons. The van der Waals surface area contributed by atoms with Crippen LogP contribution in [0.1, 0.15) is 13.3 Å². The Bertz CT molecular complexity index is 430. The van der Waals surface area contributed by atoms with Crippen molar-refractivity contribution >= 4 is 17.8 Å². The molecule has 3 N–H and O–H groups in total. The number of methoxy groups -OCH3 is 1. The maximum absolute atomic E-state index is 11.9. The van der Waals surface area contributed by atoms with E-state index in [1.54, 1.807) is 19.0 Å². The number of nitrogens with one attached hydrogen (secondary N) is 1. The maximum atomic E-state index is 11.9. The summed E-state index contributed by atoms with van der Waals surface area (Å²) in [5.74, 6) is 5.81. The number of amides is 1. The van der Waals surface area contributed by atoms with Crippen LogP contribution in [0.25, 0.3) is 0 Å². The third-order valence-corrected chi connectivity index (χ3v) is 2.52. The lowest BCUT2D eigenvalue weighted by molar-refractivity contribution is -0.127. The summed E-state index contributed by atoms with van der Waals surface area (Å²) in [6, 6.07) is 0.140. The van der Waals surface area contributed by atoms with Gasteiger partial charge in [0.1, 0.15) is 0 Å². The molecule has 9 nitrogen and oxygen atoms in total. The Kier molecular flexibility index (Phi) is 5.91. The molecular formula is C11H21N7O2. The second-order valence-corrected chi connectivity index (χ2v) is 4.30. The van der Waals surface area contributed by atoms with Gasteiger partial charge < -0.3 is 14.5 Å². The third-order valence-electron chi connectivity index (χ3n) is 2.52. The van der Waals surface area contributed by atoms with Crippen LogP contribution in [-0.4, -0.2) is 60.1 Å². The Hall–Kier alpha value is -2.16. The van der Waals surface area contributed by atoms with Crippen LogP contribution in [0, 0.1) is 0 Å². The summed E-state index contributed by atoms with van der Waals surface area (Å²) in [5.41, 5.74) is 2.35. The number of likely N-dealkylation sites (N-methyl/N-ethyl adjacent to an activating group) is 1. The molecule has 1 rings (SSSR count). The van der Waals surface area contributed by atoms with Crippen molar-refractivity contribution in [2.45, 2.75) is 13.3 Å². The summed E-state index contributed by atoms with van der Waals surface area (Å²) in [4.78, 5) is 27.3. The van der Waals surface area contributed by atoms with Crippen LogP contribution >= 0.6 is 0 Å². The smallest absolute Gasteiger partial charge is 0.322 e. The zero-order valence-corrected chi connectivity index (χ0v) is 12.3. The Balaban J connectivity index is 3.03. The zero-order valence-electron chi connectivity index (χ0n) is 12.3. The number of carbonyl (C=O) groups excluding carboxylic acids is 1. The van der Waals surface area contributed by atoms with Crippen molar-refractivity contribution in [2.75, 3.05) is 44.6 Å². The first-order valence-electron chi connectivity index (χ1n) is 6.23. The standard InChI is InChI=1S/C11H21N7O2/c1-5-6-18(7-8(19)17(2)3)10-13-9(16-12)14-11(15-10)20-4/h5-7,12H2,1-4H3,(H,13,14,15,16). The quantitative estimate of drug-likeness (QED) is 0.507. The fourth-order valence-electron chi connectivity index (χ4n) is 1.47. The molecule has 0 unspecified atom stereocenters. The van der Waals surface area contributed by atoms with Crippen molar-refractivity contribution in [3.05, 3.63) is 0 Å². The van der Waals surface area contributed by atoms with Crippen molar-refractivity contribution in [3.8, 4) is 6.01 Å². The first-order valence-corrected chi connectivity index (χ1v) is 6.23. The van der Waals surface area contributed by atoms with Gasteiger partial charge in [0.2, 0.25) is 17.8 Å². The van der Waals surface area contributed by atoms with Gasteiger partial charge in [0.05, 0.1) is 13.7 Å². The largest absolute Gasteiger partial charge is 0.467 e. The van der Waals surface area contributed by atoms with Crippen LogP contribution in [0.15, 0.2) is 0 Å². The number of ether oxygens (including phenoxy) is 1. The van der Waals surface area contributed by atoms with E-state index in [0.29, 0.717) is 12.5 Å². The molecule has 20 heavy (non-hydrogen) atoms. The molecular weight excluding hydrogens is 262 g/mol. The number of rotatable bonds is 7. The van der Waals surface area contributed by atoms with Crippen molar-refractivity contribution in [2.24, 2.45) is 5.84 Å². The van der Waals surface area contributed by atoms with E-state index in [-0.39, 0.29) is 24.4 Å². The molecule has 0 saturated carbocycles. The highest BCUT2D eigenvalue weighted by Crippen LogP contribution is 2.14. The van der Waals surface area contributed by atoms with Crippen LogP contribution in [-0.2, 0) is 4.79 Å². The molecule has 0 saturated heterocycles. The molecule has 0 aliphatic carbocycles. The Morgan fingerprint density at radius 3 is 2.55 bits per heavy atom. The third kappa shape index (κ3) is 4.19. The minimum absolute atomic E-state index is 0.0416. The molecule has 0 aliphatic heterocycles. The minimum atomic E-state index is -0.0416. The molecule has 0 aliphatic rings. The molecule has 1 amide bonds. The first kappa shape index (κ1) is 15.9. The number of anilines is 2. The number of hydrazine groups is 1. The summed E-state index contributed by atoms with van der Waals surface area (Å²) in [6.07, 6.45) is 0.847. The molecule has 1 heterocycles. The predicted molar refractivity (Wildman–Crippen MR) is 75.4 cm³/mol. The second kappa shape index (κ2) is 7.43. The van der Waals surface area contributed by atoms with E-state index in [2.05, 4.69) is 20.4 Å². The van der Waals surface area contributed by atoms with Crippen LogP contribution in [0.2, 0.25) is 0 Å². The molecule has 0 aromatic carbocycles. The fourth-order valence-corrected chi connectivity index (χ4v) is 1.47. The van der Waals surface area contributed by atoms with Crippen LogP contribution in [0.4, 0.5) is 11.9 Å². The Morgan fingerprint density at radius 2 is 2.05 bits per heavy atom. The van der Waals surface area contributed by atoms with Crippen molar-refractivity contribution in [3.63, 3.8) is 0 Å². The Morgan fingerprint density at radius 1 is 1.35 bits per heavy atom. The van der Waals surface area contributed by atoms with E-state index in [4.69, 9.17) is 10.6 Å². The highest BCUT2D eigenvalue weighted by atomic mass is 16.5. The van der Waals surface area contributed by atoms with Gasteiger partial charge in [-0.05, 0) is 6.42 Å². The molecule has 9 heteroatoms. The molecule has 0 atom stereocenters. The van der Waals surface area contributed by atoms with Crippen molar-refractivity contribution in [1.29, 1.82) is 0 Å². The van der Waals surface area contributed by atoms with E-state index in [9.17, 15) is 4.79 Å². The normalized spacial score (nSPS) is 10.1. The van der Waals surface area contributed by atoms with E-state index >= 15 is 0 Å². The molecule has 1 aromatic rings. The second-order valence-electron chi connectivity index (χ2n) is 4.30. The minimum Gasteiger partial charge on any atom is -0.467 e. The van der Waals surface area contributed by atoms with Gasteiger partial charge in [0.15, 0.2) is 0 Å². The highest BCUT2D eigenvalue weighted by Gasteiger charge is 2.17. The van der Waals surface area contributed by atoms with Gasteiger partial charge in [0.25, 0.3) is 0 Å². The van der Waals surface area contributed by atoms with E-state index in [1.807, 2.05) is 6.92 Å². The number of aromatic nitrogens is 3. The lowest BCUT2D eigenvalue weighted by Gasteiger charge is -2.23. The van der Waals surface area contributed by atoms with Gasteiger partial charge >= 0.3 is 6.01 Å². The average molecular weight is 283 g/mol. The lowest BCUT2D eigenvalue weighted by atomic mass is 10.4. The number of nitrogens with two attached hydrogens (primary N) is 1. The van der Waals surface area contributed by atoms with Gasteiger partial charge in [-0.2, -0.15) is 15.0 Å². The number of hydrogen-bond donors (Lipinski definition) is 2. The summed E-state index contributed by atoms with van der Waals surface area (Å²) in [7, 11) is 4.86. The van der Waals surface area contributed by atoms with E-state index < -0.39 is 0 Å². The van der Waals surface area contributed by atoms with Gasteiger partial charge in [0, 0.05) is 20.6 Å². The fraction of sp³-hybridized carbons (Fsp3) is 0.636. The van der Waals surface area contributed by atoms with Crippen molar-refractivity contribution < 1.29 is 9.53 Å². The molecule has 1 aromatic heterocycles. The number of carbonyl (C=O) groups is 1. The zero-order chi connectivity index (χ0) is 15.1. The Labute approximate surface area is 118 Å². The molecule has 0 spiro atoms. The van der Waals surface area contributed by atoms with Crippen LogP contribution < -0.4 is 20.9 Å². The summed E-state index contributed by atoms with van der Waals surface area (Å²) in [5, 5.41) is 0. The summed E-state index contributed by atoms with van der Waals surface area (Å²) in [6.45, 7) is 2.82. The SMILES string of the molecule is CCCN(CC(=O)N(C)C)c1nc(NN)nc(OC)n1. The van der Waals surface area contributed by atoms with E-state index in [1.165, 1.54) is 12.0 Å².